The Morgan fingerprint density at radius 3 is 3.06 bits per heavy atom. The Hall–Kier alpha value is -0.250. The number of rotatable bonds is 5. The van der Waals surface area contributed by atoms with Crippen LogP contribution in [0.15, 0.2) is 22.7 Å². The summed E-state index contributed by atoms with van der Waals surface area (Å²) >= 11 is 9.29. The van der Waals surface area contributed by atoms with E-state index in [9.17, 15) is 0 Å². The van der Waals surface area contributed by atoms with Gasteiger partial charge < -0.3 is 9.47 Å². The summed E-state index contributed by atoms with van der Waals surface area (Å²) in [4.78, 5) is 0. The van der Waals surface area contributed by atoms with Crippen LogP contribution in [0.5, 0.6) is 5.75 Å². The number of alkyl halides is 1. The van der Waals surface area contributed by atoms with Gasteiger partial charge in [0, 0.05) is 23.4 Å². The highest BCUT2D eigenvalue weighted by atomic mass is 79.9. The second kappa shape index (κ2) is 6.62. The molecule has 1 heterocycles. The minimum atomic E-state index is 0.387. The van der Waals surface area contributed by atoms with Gasteiger partial charge in [-0.15, -0.1) is 11.6 Å². The van der Waals surface area contributed by atoms with Crippen molar-refractivity contribution in [2.45, 2.75) is 31.2 Å². The van der Waals surface area contributed by atoms with Crippen molar-refractivity contribution < 1.29 is 9.47 Å². The lowest BCUT2D eigenvalue weighted by atomic mass is 10.2. The van der Waals surface area contributed by atoms with Crippen LogP contribution in [-0.4, -0.2) is 19.3 Å². The minimum Gasteiger partial charge on any atom is -0.493 e. The van der Waals surface area contributed by atoms with Gasteiger partial charge in [0.25, 0.3) is 0 Å². The lowest BCUT2D eigenvalue weighted by Gasteiger charge is -2.11. The average molecular weight is 320 g/mol. The van der Waals surface area contributed by atoms with E-state index < -0.39 is 0 Å². The lowest BCUT2D eigenvalue weighted by molar-refractivity contribution is 0.0903. The van der Waals surface area contributed by atoms with E-state index in [1.54, 1.807) is 0 Å². The van der Waals surface area contributed by atoms with Gasteiger partial charge >= 0.3 is 0 Å². The van der Waals surface area contributed by atoms with Gasteiger partial charge in [-0.2, -0.15) is 0 Å². The Morgan fingerprint density at radius 1 is 1.47 bits per heavy atom. The van der Waals surface area contributed by atoms with Gasteiger partial charge in [-0.25, -0.2) is 0 Å². The van der Waals surface area contributed by atoms with E-state index in [0.717, 1.165) is 35.2 Å². The largest absolute Gasteiger partial charge is 0.493 e. The molecule has 0 aliphatic carbocycles. The smallest absolute Gasteiger partial charge is 0.119 e. The summed E-state index contributed by atoms with van der Waals surface area (Å²) in [6.07, 6.45) is 3.69. The Balaban J connectivity index is 1.81. The Morgan fingerprint density at radius 2 is 2.35 bits per heavy atom. The fourth-order valence-corrected chi connectivity index (χ4v) is 2.69. The molecule has 1 aromatic rings. The van der Waals surface area contributed by atoms with E-state index >= 15 is 0 Å². The highest BCUT2D eigenvalue weighted by molar-refractivity contribution is 9.10. The Labute approximate surface area is 115 Å². The highest BCUT2D eigenvalue weighted by Crippen LogP contribution is 2.24. The fraction of sp³-hybridized carbons (Fsp3) is 0.538. The quantitative estimate of drug-likeness (QED) is 0.760. The molecular weight excluding hydrogens is 303 g/mol. The number of halogens is 2. The summed E-state index contributed by atoms with van der Waals surface area (Å²) in [7, 11) is 0. The molecule has 1 aromatic carbocycles. The number of hydrogen-bond donors (Lipinski definition) is 0. The van der Waals surface area contributed by atoms with Gasteiger partial charge in [0.2, 0.25) is 0 Å². The molecule has 1 aliphatic heterocycles. The second-order valence-electron chi connectivity index (χ2n) is 4.16. The maximum absolute atomic E-state index is 5.84. The molecule has 1 fully saturated rings. The zero-order valence-electron chi connectivity index (χ0n) is 9.62. The van der Waals surface area contributed by atoms with Crippen LogP contribution in [0, 0.1) is 0 Å². The third-order valence-electron chi connectivity index (χ3n) is 2.89. The molecule has 1 atom stereocenters. The first-order valence-corrected chi connectivity index (χ1v) is 7.21. The van der Waals surface area contributed by atoms with E-state index in [1.807, 2.05) is 18.2 Å². The zero-order chi connectivity index (χ0) is 12.1. The highest BCUT2D eigenvalue weighted by Gasteiger charge is 2.15. The summed E-state index contributed by atoms with van der Waals surface area (Å²) in [6.45, 7) is 1.60. The molecule has 2 rings (SSSR count). The van der Waals surface area contributed by atoms with E-state index in [0.29, 0.717) is 18.6 Å². The van der Waals surface area contributed by atoms with Crippen LogP contribution in [0.1, 0.15) is 24.8 Å². The predicted octanol–water partition coefficient (Wildman–Crippen LogP) is 4.14. The van der Waals surface area contributed by atoms with Crippen molar-refractivity contribution in [1.29, 1.82) is 0 Å². The minimum absolute atomic E-state index is 0.387. The molecule has 94 valence electrons. The van der Waals surface area contributed by atoms with E-state index in [2.05, 4.69) is 15.9 Å². The van der Waals surface area contributed by atoms with Gasteiger partial charge in [-0.3, -0.25) is 0 Å². The molecule has 0 saturated carbocycles. The SMILES string of the molecule is ClCc1cc(OCCC2CCCO2)ccc1Br. The van der Waals surface area contributed by atoms with Gasteiger partial charge in [0.05, 0.1) is 12.7 Å². The summed E-state index contributed by atoms with van der Waals surface area (Å²) in [5, 5.41) is 0. The van der Waals surface area contributed by atoms with Crippen LogP contribution in [0.3, 0.4) is 0 Å². The predicted molar refractivity (Wildman–Crippen MR) is 72.8 cm³/mol. The first-order chi connectivity index (χ1) is 8.29. The molecule has 1 unspecified atom stereocenters. The maximum atomic E-state index is 5.84. The number of ether oxygens (including phenoxy) is 2. The fourth-order valence-electron chi connectivity index (χ4n) is 1.92. The Kier molecular flexibility index (Phi) is 5.14. The molecule has 0 aromatic heterocycles. The Bertz CT molecular complexity index is 364. The van der Waals surface area contributed by atoms with Crippen LogP contribution in [-0.2, 0) is 10.6 Å². The molecule has 4 heteroatoms. The molecule has 0 radical (unpaired) electrons. The van der Waals surface area contributed by atoms with Crippen molar-refractivity contribution >= 4 is 27.5 Å². The van der Waals surface area contributed by atoms with Crippen LogP contribution in [0.4, 0.5) is 0 Å². The standard InChI is InChI=1S/C13H16BrClO2/c14-13-4-3-12(8-10(13)9-15)17-7-5-11-2-1-6-16-11/h3-4,8,11H,1-2,5-7,9H2. The molecule has 0 bridgehead atoms. The van der Waals surface area contributed by atoms with Crippen molar-refractivity contribution in [2.24, 2.45) is 0 Å². The van der Waals surface area contributed by atoms with Crippen LogP contribution in [0.25, 0.3) is 0 Å². The van der Waals surface area contributed by atoms with E-state index in [1.165, 1.54) is 6.42 Å². The van der Waals surface area contributed by atoms with Gasteiger partial charge in [-0.05, 0) is 36.6 Å². The topological polar surface area (TPSA) is 18.5 Å². The van der Waals surface area contributed by atoms with Crippen molar-refractivity contribution in [3.63, 3.8) is 0 Å². The average Bonchev–Trinajstić information content (AvgIpc) is 2.84. The molecule has 1 aliphatic rings. The summed E-state index contributed by atoms with van der Waals surface area (Å²) in [6, 6.07) is 5.90. The first-order valence-electron chi connectivity index (χ1n) is 5.88. The van der Waals surface area contributed by atoms with Crippen molar-refractivity contribution in [3.05, 3.63) is 28.2 Å². The first kappa shape index (κ1) is 13.2. The van der Waals surface area contributed by atoms with Crippen LogP contribution < -0.4 is 4.74 Å². The molecule has 0 N–H and O–H groups in total. The molecule has 2 nitrogen and oxygen atoms in total. The molecular formula is C13H16BrClO2. The van der Waals surface area contributed by atoms with Crippen LogP contribution in [0.2, 0.25) is 0 Å². The van der Waals surface area contributed by atoms with Crippen LogP contribution >= 0.6 is 27.5 Å². The van der Waals surface area contributed by atoms with Gasteiger partial charge in [-0.1, -0.05) is 15.9 Å². The number of benzene rings is 1. The molecule has 0 amide bonds. The lowest BCUT2D eigenvalue weighted by Crippen LogP contribution is -2.10. The van der Waals surface area contributed by atoms with Crippen molar-refractivity contribution in [3.8, 4) is 5.75 Å². The zero-order valence-corrected chi connectivity index (χ0v) is 12.0. The second-order valence-corrected chi connectivity index (χ2v) is 5.28. The third-order valence-corrected chi connectivity index (χ3v) is 3.96. The number of hydrogen-bond acceptors (Lipinski definition) is 2. The third kappa shape index (κ3) is 3.87. The van der Waals surface area contributed by atoms with E-state index in [4.69, 9.17) is 21.1 Å². The summed E-state index contributed by atoms with van der Waals surface area (Å²) in [5.41, 5.74) is 1.06. The molecule has 1 saturated heterocycles. The summed E-state index contributed by atoms with van der Waals surface area (Å²) < 4.78 is 12.3. The van der Waals surface area contributed by atoms with Crippen molar-refractivity contribution in [1.82, 2.24) is 0 Å². The van der Waals surface area contributed by atoms with Gasteiger partial charge in [0.15, 0.2) is 0 Å². The van der Waals surface area contributed by atoms with Gasteiger partial charge in [0.1, 0.15) is 5.75 Å². The molecule has 0 spiro atoms. The summed E-state index contributed by atoms with van der Waals surface area (Å²) in [5.74, 6) is 1.37. The monoisotopic (exact) mass is 318 g/mol. The van der Waals surface area contributed by atoms with Crippen molar-refractivity contribution in [2.75, 3.05) is 13.2 Å². The molecule has 17 heavy (non-hydrogen) atoms. The normalized spacial score (nSPS) is 19.5. The van der Waals surface area contributed by atoms with E-state index in [-0.39, 0.29) is 0 Å². The maximum Gasteiger partial charge on any atom is 0.119 e.